The van der Waals surface area contributed by atoms with E-state index in [1.54, 1.807) is 7.11 Å². The maximum atomic E-state index is 6.33. The van der Waals surface area contributed by atoms with Gasteiger partial charge < -0.3 is 10.5 Å². The van der Waals surface area contributed by atoms with E-state index in [2.05, 4.69) is 15.9 Å². The number of nitrogens with two attached hydrogens (primary N) is 1. The quantitative estimate of drug-likeness (QED) is 0.895. The second kappa shape index (κ2) is 5.95. The summed E-state index contributed by atoms with van der Waals surface area (Å²) < 4.78 is 6.24. The van der Waals surface area contributed by atoms with Gasteiger partial charge in [-0.3, -0.25) is 0 Å². The molecule has 0 saturated carbocycles. The van der Waals surface area contributed by atoms with Gasteiger partial charge in [-0.1, -0.05) is 35.4 Å². The molecule has 0 aliphatic carbocycles. The molecule has 2 rings (SSSR count). The summed E-state index contributed by atoms with van der Waals surface area (Å²) in [6.07, 6.45) is 0. The van der Waals surface area contributed by atoms with Gasteiger partial charge in [0, 0.05) is 10.0 Å². The number of ether oxygens (including phenoxy) is 1. The molecule has 2 aromatic carbocycles. The molecule has 2 aromatic rings. The van der Waals surface area contributed by atoms with Crippen LogP contribution in [0.2, 0.25) is 5.02 Å². The van der Waals surface area contributed by atoms with Gasteiger partial charge >= 0.3 is 0 Å². The molecular formula is C15H15BrClNO. The van der Waals surface area contributed by atoms with E-state index in [9.17, 15) is 0 Å². The van der Waals surface area contributed by atoms with Crippen LogP contribution in [0.3, 0.4) is 0 Å². The Bertz CT molecular complexity index is 601. The lowest BCUT2D eigenvalue weighted by molar-refractivity contribution is 0.407. The van der Waals surface area contributed by atoms with Gasteiger partial charge in [0.2, 0.25) is 0 Å². The van der Waals surface area contributed by atoms with E-state index in [-0.39, 0.29) is 6.04 Å². The van der Waals surface area contributed by atoms with Gasteiger partial charge in [0.15, 0.2) is 0 Å². The van der Waals surface area contributed by atoms with Crippen LogP contribution in [-0.4, -0.2) is 7.11 Å². The average Bonchev–Trinajstić information content (AvgIpc) is 2.41. The Kier molecular flexibility index (Phi) is 4.50. The zero-order valence-electron chi connectivity index (χ0n) is 10.8. The predicted molar refractivity (Wildman–Crippen MR) is 82.9 cm³/mol. The SMILES string of the molecule is COc1ccc(C)cc1C(N)c1ccc(Br)c(Cl)c1. The number of benzene rings is 2. The Morgan fingerprint density at radius 2 is 1.95 bits per heavy atom. The van der Waals surface area contributed by atoms with E-state index < -0.39 is 0 Å². The Balaban J connectivity index is 2.45. The summed E-state index contributed by atoms with van der Waals surface area (Å²) in [6.45, 7) is 2.03. The molecular weight excluding hydrogens is 326 g/mol. The molecule has 2 nitrogen and oxygen atoms in total. The van der Waals surface area contributed by atoms with Crippen molar-refractivity contribution in [3.05, 3.63) is 62.6 Å². The fourth-order valence-corrected chi connectivity index (χ4v) is 2.42. The van der Waals surface area contributed by atoms with E-state index >= 15 is 0 Å². The Morgan fingerprint density at radius 1 is 1.21 bits per heavy atom. The van der Waals surface area contributed by atoms with Crippen molar-refractivity contribution in [1.82, 2.24) is 0 Å². The summed E-state index contributed by atoms with van der Waals surface area (Å²) in [5.41, 5.74) is 9.39. The van der Waals surface area contributed by atoms with Crippen molar-refractivity contribution in [1.29, 1.82) is 0 Å². The molecule has 4 heteroatoms. The van der Waals surface area contributed by atoms with Crippen LogP contribution in [0.4, 0.5) is 0 Å². The van der Waals surface area contributed by atoms with E-state index in [0.29, 0.717) is 5.02 Å². The van der Waals surface area contributed by atoms with Crippen LogP contribution in [0.15, 0.2) is 40.9 Å². The van der Waals surface area contributed by atoms with Crippen LogP contribution in [-0.2, 0) is 0 Å². The lowest BCUT2D eigenvalue weighted by Crippen LogP contribution is -2.13. The molecule has 0 spiro atoms. The normalized spacial score (nSPS) is 12.3. The van der Waals surface area contributed by atoms with E-state index in [0.717, 1.165) is 26.9 Å². The summed E-state index contributed by atoms with van der Waals surface area (Å²) in [4.78, 5) is 0. The molecule has 19 heavy (non-hydrogen) atoms. The first-order chi connectivity index (χ1) is 9.02. The molecule has 100 valence electrons. The van der Waals surface area contributed by atoms with Gasteiger partial charge in [-0.25, -0.2) is 0 Å². The van der Waals surface area contributed by atoms with Gasteiger partial charge in [-0.15, -0.1) is 0 Å². The van der Waals surface area contributed by atoms with Gasteiger partial charge in [-0.05, 0) is 46.6 Å². The average molecular weight is 341 g/mol. The number of aryl methyl sites for hydroxylation is 1. The minimum Gasteiger partial charge on any atom is -0.496 e. The third-order valence-corrected chi connectivity index (χ3v) is 4.26. The molecule has 0 fully saturated rings. The standard InChI is InChI=1S/C15H15BrClNO/c1-9-3-6-14(19-2)11(7-9)15(18)10-4-5-12(16)13(17)8-10/h3-8,15H,18H2,1-2H3. The summed E-state index contributed by atoms with van der Waals surface area (Å²) in [7, 11) is 1.65. The van der Waals surface area contributed by atoms with Gasteiger partial charge in [0.05, 0.1) is 18.2 Å². The van der Waals surface area contributed by atoms with Crippen LogP contribution in [0.25, 0.3) is 0 Å². The van der Waals surface area contributed by atoms with Crippen molar-refractivity contribution >= 4 is 27.5 Å². The van der Waals surface area contributed by atoms with Gasteiger partial charge in [0.1, 0.15) is 5.75 Å². The maximum absolute atomic E-state index is 6.33. The number of methoxy groups -OCH3 is 1. The summed E-state index contributed by atoms with van der Waals surface area (Å²) >= 11 is 9.49. The Morgan fingerprint density at radius 3 is 2.58 bits per heavy atom. The molecule has 0 radical (unpaired) electrons. The van der Waals surface area contributed by atoms with E-state index in [1.165, 1.54) is 0 Å². The monoisotopic (exact) mass is 339 g/mol. The number of rotatable bonds is 3. The van der Waals surface area contributed by atoms with Crippen molar-refractivity contribution in [2.24, 2.45) is 5.73 Å². The minimum atomic E-state index is -0.263. The number of halogens is 2. The second-order valence-corrected chi connectivity index (χ2v) is 5.66. The predicted octanol–water partition coefficient (Wildman–Crippen LogP) is 4.47. The molecule has 0 saturated heterocycles. The van der Waals surface area contributed by atoms with E-state index in [4.69, 9.17) is 22.1 Å². The molecule has 0 heterocycles. The first-order valence-corrected chi connectivity index (χ1v) is 7.05. The Hall–Kier alpha value is -1.03. The lowest BCUT2D eigenvalue weighted by Gasteiger charge is -2.17. The summed E-state index contributed by atoms with van der Waals surface area (Å²) in [6, 6.07) is 11.5. The van der Waals surface area contributed by atoms with E-state index in [1.807, 2.05) is 43.3 Å². The maximum Gasteiger partial charge on any atom is 0.123 e. The molecule has 1 atom stereocenters. The molecule has 0 bridgehead atoms. The van der Waals surface area contributed by atoms with Crippen LogP contribution < -0.4 is 10.5 Å². The fraction of sp³-hybridized carbons (Fsp3) is 0.200. The molecule has 0 amide bonds. The number of hydrogen-bond acceptors (Lipinski definition) is 2. The van der Waals surface area contributed by atoms with Gasteiger partial charge in [-0.2, -0.15) is 0 Å². The zero-order valence-corrected chi connectivity index (χ0v) is 13.1. The van der Waals surface area contributed by atoms with Crippen molar-refractivity contribution in [2.75, 3.05) is 7.11 Å². The van der Waals surface area contributed by atoms with Crippen LogP contribution in [0.1, 0.15) is 22.7 Å². The van der Waals surface area contributed by atoms with Crippen molar-refractivity contribution in [2.45, 2.75) is 13.0 Å². The minimum absolute atomic E-state index is 0.263. The van der Waals surface area contributed by atoms with Crippen molar-refractivity contribution < 1.29 is 4.74 Å². The van der Waals surface area contributed by atoms with Crippen LogP contribution in [0.5, 0.6) is 5.75 Å². The summed E-state index contributed by atoms with van der Waals surface area (Å²) in [5, 5.41) is 0.652. The molecule has 2 N–H and O–H groups in total. The zero-order chi connectivity index (χ0) is 14.0. The number of hydrogen-bond donors (Lipinski definition) is 1. The smallest absolute Gasteiger partial charge is 0.123 e. The topological polar surface area (TPSA) is 35.2 Å². The third kappa shape index (κ3) is 3.11. The van der Waals surface area contributed by atoms with Crippen LogP contribution in [0, 0.1) is 6.92 Å². The lowest BCUT2D eigenvalue weighted by atomic mass is 9.97. The first-order valence-electron chi connectivity index (χ1n) is 5.88. The second-order valence-electron chi connectivity index (χ2n) is 4.40. The van der Waals surface area contributed by atoms with Crippen molar-refractivity contribution in [3.8, 4) is 5.75 Å². The largest absolute Gasteiger partial charge is 0.496 e. The van der Waals surface area contributed by atoms with Crippen LogP contribution >= 0.6 is 27.5 Å². The highest BCUT2D eigenvalue weighted by atomic mass is 79.9. The Labute approximate surface area is 126 Å². The highest BCUT2D eigenvalue weighted by Crippen LogP contribution is 2.32. The highest BCUT2D eigenvalue weighted by Gasteiger charge is 2.15. The summed E-state index contributed by atoms with van der Waals surface area (Å²) in [5.74, 6) is 0.789. The third-order valence-electron chi connectivity index (χ3n) is 3.02. The first kappa shape index (κ1) is 14.4. The molecule has 0 aliphatic heterocycles. The molecule has 0 aromatic heterocycles. The molecule has 1 unspecified atom stereocenters. The fourth-order valence-electron chi connectivity index (χ4n) is 1.98. The highest BCUT2D eigenvalue weighted by molar-refractivity contribution is 9.10. The molecule has 0 aliphatic rings. The van der Waals surface area contributed by atoms with Gasteiger partial charge in [0.25, 0.3) is 0 Å². The van der Waals surface area contributed by atoms with Crippen molar-refractivity contribution in [3.63, 3.8) is 0 Å².